The number of aromatic nitrogens is 3. The largest absolute Gasteiger partial charge is 0.348 e. The number of aryl methyl sites for hydroxylation is 1. The molecule has 0 aliphatic heterocycles. The molecule has 0 aliphatic rings. The molecule has 3 rings (SSSR count). The summed E-state index contributed by atoms with van der Waals surface area (Å²) in [6, 6.07) is 15.5. The zero-order valence-electron chi connectivity index (χ0n) is 11.9. The minimum absolute atomic E-state index is 0.270. The average Bonchev–Trinajstić information content (AvgIpc) is 2.87. The molecule has 22 heavy (non-hydrogen) atoms. The lowest BCUT2D eigenvalue weighted by atomic mass is 10.2. The molecule has 0 spiro atoms. The third-order valence-electron chi connectivity index (χ3n) is 3.20. The van der Waals surface area contributed by atoms with Crippen molar-refractivity contribution < 1.29 is 0 Å². The second-order valence-electron chi connectivity index (χ2n) is 4.90. The highest BCUT2D eigenvalue weighted by Gasteiger charge is 2.11. The molecule has 0 radical (unpaired) electrons. The van der Waals surface area contributed by atoms with E-state index in [1.807, 2.05) is 12.1 Å². The second-order valence-corrected chi connectivity index (χ2v) is 6.28. The van der Waals surface area contributed by atoms with Gasteiger partial charge >= 0.3 is 5.69 Å². The predicted octanol–water partition coefficient (Wildman–Crippen LogP) is 3.81. The number of H-pyrrole nitrogens is 1. The Kier molecular flexibility index (Phi) is 4.36. The molecule has 0 unspecified atom stereocenters. The standard InChI is InChI=1S/C16H14ClN3OS/c1-11-5-7-12(8-6-11)10-22-16-19-18-15(21)20(16)14-4-2-3-13(17)9-14/h2-9H,10H2,1H3,(H,18,21). The first-order chi connectivity index (χ1) is 10.6. The van der Waals surface area contributed by atoms with Gasteiger partial charge in [-0.3, -0.25) is 0 Å². The van der Waals surface area contributed by atoms with Crippen LogP contribution in [-0.4, -0.2) is 14.8 Å². The van der Waals surface area contributed by atoms with Crippen LogP contribution in [0.15, 0.2) is 58.5 Å². The summed E-state index contributed by atoms with van der Waals surface area (Å²) in [6.45, 7) is 2.06. The molecule has 0 atom stereocenters. The normalized spacial score (nSPS) is 10.8. The summed E-state index contributed by atoms with van der Waals surface area (Å²) < 4.78 is 1.53. The highest BCUT2D eigenvalue weighted by molar-refractivity contribution is 7.98. The molecule has 0 aliphatic carbocycles. The van der Waals surface area contributed by atoms with Gasteiger partial charge in [-0.05, 0) is 30.7 Å². The van der Waals surface area contributed by atoms with Crippen molar-refractivity contribution in [3.05, 3.63) is 75.2 Å². The predicted molar refractivity (Wildman–Crippen MR) is 89.9 cm³/mol. The van der Waals surface area contributed by atoms with Crippen molar-refractivity contribution in [2.45, 2.75) is 17.8 Å². The fourth-order valence-electron chi connectivity index (χ4n) is 2.05. The SMILES string of the molecule is Cc1ccc(CSc2n[nH]c(=O)n2-c2cccc(Cl)c2)cc1. The van der Waals surface area contributed by atoms with Gasteiger partial charge in [-0.1, -0.05) is 59.3 Å². The zero-order valence-corrected chi connectivity index (χ0v) is 13.5. The summed E-state index contributed by atoms with van der Waals surface area (Å²) in [5, 5.41) is 7.80. The molecule has 0 amide bonds. The molecule has 1 heterocycles. The average molecular weight is 332 g/mol. The molecule has 4 nitrogen and oxygen atoms in total. The van der Waals surface area contributed by atoms with Gasteiger partial charge in [0.2, 0.25) is 0 Å². The Bertz CT molecular complexity index is 839. The van der Waals surface area contributed by atoms with Gasteiger partial charge < -0.3 is 0 Å². The van der Waals surface area contributed by atoms with Gasteiger partial charge in [0.25, 0.3) is 0 Å². The van der Waals surface area contributed by atoms with Crippen LogP contribution in [-0.2, 0) is 5.75 Å². The van der Waals surface area contributed by atoms with Crippen molar-refractivity contribution in [2.24, 2.45) is 0 Å². The number of halogens is 1. The minimum Gasteiger partial charge on any atom is -0.246 e. The summed E-state index contributed by atoms with van der Waals surface area (Å²) in [4.78, 5) is 12.0. The molecule has 0 saturated carbocycles. The van der Waals surface area contributed by atoms with Crippen molar-refractivity contribution in [3.63, 3.8) is 0 Å². The Balaban J connectivity index is 1.86. The second kappa shape index (κ2) is 6.42. The molecular weight excluding hydrogens is 318 g/mol. The van der Waals surface area contributed by atoms with E-state index in [1.165, 1.54) is 27.5 Å². The van der Waals surface area contributed by atoms with Gasteiger partial charge in [-0.2, -0.15) is 0 Å². The highest BCUT2D eigenvalue weighted by Crippen LogP contribution is 2.23. The van der Waals surface area contributed by atoms with Gasteiger partial charge in [0.15, 0.2) is 5.16 Å². The lowest BCUT2D eigenvalue weighted by molar-refractivity contribution is 0.870. The Morgan fingerprint density at radius 2 is 2.00 bits per heavy atom. The summed E-state index contributed by atoms with van der Waals surface area (Å²) in [5.41, 5.74) is 2.85. The van der Waals surface area contributed by atoms with Crippen molar-refractivity contribution >= 4 is 23.4 Å². The molecule has 0 saturated heterocycles. The van der Waals surface area contributed by atoms with Crippen LogP contribution in [0.5, 0.6) is 0 Å². The van der Waals surface area contributed by atoms with Crippen molar-refractivity contribution in [1.82, 2.24) is 14.8 Å². The maximum Gasteiger partial charge on any atom is 0.348 e. The fraction of sp³-hybridized carbons (Fsp3) is 0.125. The van der Waals surface area contributed by atoms with E-state index < -0.39 is 0 Å². The van der Waals surface area contributed by atoms with E-state index >= 15 is 0 Å². The van der Waals surface area contributed by atoms with E-state index in [-0.39, 0.29) is 5.69 Å². The molecule has 112 valence electrons. The van der Waals surface area contributed by atoms with E-state index in [1.54, 1.807) is 12.1 Å². The molecule has 0 fully saturated rings. The van der Waals surface area contributed by atoms with Crippen LogP contribution in [0.3, 0.4) is 0 Å². The van der Waals surface area contributed by atoms with Crippen LogP contribution in [0.1, 0.15) is 11.1 Å². The van der Waals surface area contributed by atoms with E-state index in [0.29, 0.717) is 15.9 Å². The molecule has 0 bridgehead atoms. The number of rotatable bonds is 4. The number of hydrogen-bond acceptors (Lipinski definition) is 3. The number of thioether (sulfide) groups is 1. The number of nitrogens with zero attached hydrogens (tertiary/aromatic N) is 2. The van der Waals surface area contributed by atoms with Gasteiger partial charge in [0, 0.05) is 10.8 Å². The monoisotopic (exact) mass is 331 g/mol. The Morgan fingerprint density at radius 1 is 1.23 bits per heavy atom. The van der Waals surface area contributed by atoms with Crippen LogP contribution in [0.2, 0.25) is 5.02 Å². The van der Waals surface area contributed by atoms with Crippen LogP contribution in [0, 0.1) is 6.92 Å². The van der Waals surface area contributed by atoms with Crippen molar-refractivity contribution in [1.29, 1.82) is 0 Å². The van der Waals surface area contributed by atoms with E-state index in [4.69, 9.17) is 11.6 Å². The molecular formula is C16H14ClN3OS. The molecule has 3 aromatic rings. The van der Waals surface area contributed by atoms with Gasteiger partial charge in [0.05, 0.1) is 5.69 Å². The molecule has 2 aromatic carbocycles. The first kappa shape index (κ1) is 14.9. The third kappa shape index (κ3) is 3.26. The Labute approximate surface area is 137 Å². The summed E-state index contributed by atoms with van der Waals surface area (Å²) in [6.07, 6.45) is 0. The van der Waals surface area contributed by atoms with Crippen LogP contribution < -0.4 is 5.69 Å². The maximum atomic E-state index is 12.0. The minimum atomic E-state index is -0.270. The number of benzene rings is 2. The zero-order chi connectivity index (χ0) is 15.5. The highest BCUT2D eigenvalue weighted by atomic mass is 35.5. The maximum absolute atomic E-state index is 12.0. The quantitative estimate of drug-likeness (QED) is 0.739. The smallest absolute Gasteiger partial charge is 0.246 e. The number of hydrogen-bond donors (Lipinski definition) is 1. The summed E-state index contributed by atoms with van der Waals surface area (Å²) in [7, 11) is 0. The molecule has 6 heteroatoms. The third-order valence-corrected chi connectivity index (χ3v) is 4.44. The van der Waals surface area contributed by atoms with Crippen LogP contribution >= 0.6 is 23.4 Å². The fourth-order valence-corrected chi connectivity index (χ4v) is 3.15. The van der Waals surface area contributed by atoms with Gasteiger partial charge in [-0.25, -0.2) is 14.5 Å². The van der Waals surface area contributed by atoms with E-state index in [2.05, 4.69) is 41.4 Å². The first-order valence-corrected chi connectivity index (χ1v) is 8.11. The van der Waals surface area contributed by atoms with E-state index in [9.17, 15) is 4.79 Å². The molecule has 1 N–H and O–H groups in total. The van der Waals surface area contributed by atoms with Crippen molar-refractivity contribution in [2.75, 3.05) is 0 Å². The topological polar surface area (TPSA) is 50.7 Å². The van der Waals surface area contributed by atoms with Crippen LogP contribution in [0.4, 0.5) is 0 Å². The summed E-state index contributed by atoms with van der Waals surface area (Å²) >= 11 is 7.51. The van der Waals surface area contributed by atoms with Gasteiger partial charge in [0.1, 0.15) is 0 Å². The lowest BCUT2D eigenvalue weighted by Crippen LogP contribution is -2.15. The first-order valence-electron chi connectivity index (χ1n) is 6.75. The van der Waals surface area contributed by atoms with E-state index in [0.717, 1.165) is 5.75 Å². The Hall–Kier alpha value is -1.98. The van der Waals surface area contributed by atoms with Crippen molar-refractivity contribution in [3.8, 4) is 5.69 Å². The number of aromatic amines is 1. The van der Waals surface area contributed by atoms with Gasteiger partial charge in [-0.15, -0.1) is 5.10 Å². The summed E-state index contributed by atoms with van der Waals surface area (Å²) in [5.74, 6) is 0.741. The Morgan fingerprint density at radius 3 is 2.73 bits per heavy atom. The van der Waals surface area contributed by atoms with Crippen LogP contribution in [0.25, 0.3) is 5.69 Å². The lowest BCUT2D eigenvalue weighted by Gasteiger charge is -2.06. The molecule has 1 aromatic heterocycles. The number of nitrogens with one attached hydrogen (secondary N) is 1.